The normalized spacial score (nSPS) is 15.6. The first kappa shape index (κ1) is 18.6. The van der Waals surface area contributed by atoms with Crippen LogP contribution in [0, 0.1) is 0 Å². The van der Waals surface area contributed by atoms with Crippen LogP contribution in [0.15, 0.2) is 59.9 Å². The molecule has 0 unspecified atom stereocenters. The molecule has 0 aliphatic carbocycles. The minimum absolute atomic E-state index is 0.196. The lowest BCUT2D eigenvalue weighted by molar-refractivity contribution is 0.200. The first-order valence-electron chi connectivity index (χ1n) is 10.1. The smallest absolute Gasteiger partial charge is 0.302 e. The van der Waals surface area contributed by atoms with Gasteiger partial charge in [0.25, 0.3) is 0 Å². The second-order valence-electron chi connectivity index (χ2n) is 7.50. The molecular weight excluding hydrogens is 380 g/mol. The Kier molecular flexibility index (Phi) is 5.02. The van der Waals surface area contributed by atoms with Gasteiger partial charge in [-0.2, -0.15) is 9.61 Å². The predicted molar refractivity (Wildman–Crippen MR) is 111 cm³/mol. The molecule has 152 valence electrons. The van der Waals surface area contributed by atoms with Gasteiger partial charge in [0.1, 0.15) is 0 Å². The van der Waals surface area contributed by atoms with Crippen LogP contribution >= 0.6 is 0 Å². The van der Waals surface area contributed by atoms with Crippen molar-refractivity contribution in [2.75, 3.05) is 19.6 Å². The molecule has 0 amide bonds. The quantitative estimate of drug-likeness (QED) is 0.501. The molecule has 0 spiro atoms. The summed E-state index contributed by atoms with van der Waals surface area (Å²) in [6.07, 6.45) is 8.86. The van der Waals surface area contributed by atoms with Crippen molar-refractivity contribution in [3.8, 4) is 11.3 Å². The maximum atomic E-state index is 11.8. The fourth-order valence-electron chi connectivity index (χ4n) is 3.95. The van der Waals surface area contributed by atoms with Crippen LogP contribution in [0.3, 0.4) is 0 Å². The largest absolute Gasteiger partial charge is 0.347 e. The van der Waals surface area contributed by atoms with E-state index in [1.54, 1.807) is 23.0 Å². The number of likely N-dealkylation sites (tertiary alicyclic amines) is 1. The number of nitrogens with zero attached hydrogens (tertiary/aromatic N) is 8. The number of fused-ring (bicyclic) bond motifs is 1. The Morgan fingerprint density at radius 3 is 2.70 bits per heavy atom. The maximum absolute atomic E-state index is 11.8. The highest BCUT2D eigenvalue weighted by Crippen LogP contribution is 2.27. The zero-order valence-electron chi connectivity index (χ0n) is 16.5. The molecule has 0 saturated carbocycles. The van der Waals surface area contributed by atoms with E-state index in [0.717, 1.165) is 55.2 Å². The zero-order valence-corrected chi connectivity index (χ0v) is 16.5. The van der Waals surface area contributed by atoms with Crippen molar-refractivity contribution in [2.45, 2.75) is 25.3 Å². The lowest BCUT2D eigenvalue weighted by Gasteiger charge is -2.31. The number of hydrogen-bond acceptors (Lipinski definition) is 7. The van der Waals surface area contributed by atoms with Crippen LogP contribution in [0.2, 0.25) is 0 Å². The average Bonchev–Trinajstić information content (AvgIpc) is 3.23. The Morgan fingerprint density at radius 1 is 1.00 bits per heavy atom. The van der Waals surface area contributed by atoms with Gasteiger partial charge in [-0.05, 0) is 56.3 Å². The van der Waals surface area contributed by atoms with E-state index in [1.165, 1.54) is 6.20 Å². The number of aromatic nitrogens is 7. The van der Waals surface area contributed by atoms with E-state index < -0.39 is 0 Å². The average molecular weight is 402 g/mol. The summed E-state index contributed by atoms with van der Waals surface area (Å²) >= 11 is 0. The first-order chi connectivity index (χ1) is 14.8. The highest BCUT2D eigenvalue weighted by Gasteiger charge is 2.25. The molecule has 30 heavy (non-hydrogen) atoms. The van der Waals surface area contributed by atoms with Gasteiger partial charge in [0.2, 0.25) is 0 Å². The molecule has 1 saturated heterocycles. The van der Waals surface area contributed by atoms with E-state index in [-0.39, 0.29) is 5.69 Å². The summed E-state index contributed by atoms with van der Waals surface area (Å²) < 4.78 is 3.53. The lowest BCUT2D eigenvalue weighted by Crippen LogP contribution is -2.37. The SMILES string of the molecule is O=c1ncccn1CCN1CCC(c2nnc3ccc(-c4cccnc4)nn23)CC1. The van der Waals surface area contributed by atoms with Crippen molar-refractivity contribution >= 4 is 5.65 Å². The highest BCUT2D eigenvalue weighted by molar-refractivity contribution is 5.58. The Hall–Kier alpha value is -3.46. The summed E-state index contributed by atoms with van der Waals surface area (Å²) in [5.41, 5.74) is 2.39. The molecule has 0 atom stereocenters. The summed E-state index contributed by atoms with van der Waals surface area (Å²) in [5.74, 6) is 1.23. The number of hydrogen-bond donors (Lipinski definition) is 0. The van der Waals surface area contributed by atoms with Crippen LogP contribution in [-0.2, 0) is 6.54 Å². The van der Waals surface area contributed by atoms with Crippen LogP contribution in [0.4, 0.5) is 0 Å². The third kappa shape index (κ3) is 3.71. The van der Waals surface area contributed by atoms with Gasteiger partial charge < -0.3 is 4.90 Å². The third-order valence-corrected chi connectivity index (χ3v) is 5.64. The second-order valence-corrected chi connectivity index (χ2v) is 7.50. The van der Waals surface area contributed by atoms with E-state index >= 15 is 0 Å². The van der Waals surface area contributed by atoms with Gasteiger partial charge in [0.15, 0.2) is 11.5 Å². The van der Waals surface area contributed by atoms with Crippen LogP contribution in [0.1, 0.15) is 24.6 Å². The summed E-state index contributed by atoms with van der Waals surface area (Å²) in [5, 5.41) is 13.5. The molecule has 5 rings (SSSR count). The number of rotatable bonds is 5. The molecule has 9 nitrogen and oxygen atoms in total. The first-order valence-corrected chi connectivity index (χ1v) is 10.1. The second kappa shape index (κ2) is 8.11. The summed E-state index contributed by atoms with van der Waals surface area (Å²) in [6.45, 7) is 3.40. The number of pyridine rings is 1. The molecule has 4 aromatic heterocycles. The van der Waals surface area contributed by atoms with Crippen LogP contribution in [-0.4, -0.2) is 58.9 Å². The molecule has 0 bridgehead atoms. The van der Waals surface area contributed by atoms with E-state index in [2.05, 4.69) is 25.1 Å². The van der Waals surface area contributed by atoms with Crippen molar-refractivity contribution in [1.82, 2.24) is 39.2 Å². The van der Waals surface area contributed by atoms with Crippen molar-refractivity contribution < 1.29 is 0 Å². The Labute approximate surface area is 173 Å². The Morgan fingerprint density at radius 2 is 1.90 bits per heavy atom. The minimum Gasteiger partial charge on any atom is -0.302 e. The molecule has 1 aliphatic rings. The van der Waals surface area contributed by atoms with E-state index in [4.69, 9.17) is 5.10 Å². The van der Waals surface area contributed by atoms with Crippen molar-refractivity contribution in [2.24, 2.45) is 0 Å². The molecule has 0 radical (unpaired) electrons. The molecule has 9 heteroatoms. The highest BCUT2D eigenvalue weighted by atomic mass is 16.1. The van der Waals surface area contributed by atoms with Crippen LogP contribution < -0.4 is 5.69 Å². The van der Waals surface area contributed by atoms with Crippen LogP contribution in [0.5, 0.6) is 0 Å². The fourth-order valence-corrected chi connectivity index (χ4v) is 3.95. The van der Waals surface area contributed by atoms with E-state index in [0.29, 0.717) is 12.5 Å². The van der Waals surface area contributed by atoms with Gasteiger partial charge in [-0.3, -0.25) is 9.55 Å². The molecule has 0 N–H and O–H groups in total. The van der Waals surface area contributed by atoms with Crippen molar-refractivity contribution in [3.63, 3.8) is 0 Å². The fraction of sp³-hybridized carbons (Fsp3) is 0.333. The standard InChI is InChI=1S/C21H22N8O/c30-21-23-9-2-10-28(21)14-13-27-11-6-16(7-12-27)20-25-24-19-5-4-18(26-29(19)20)17-3-1-8-22-15-17/h1-5,8-10,15-16H,6-7,11-14H2. The maximum Gasteiger partial charge on any atom is 0.347 e. The molecule has 4 aromatic rings. The van der Waals surface area contributed by atoms with Gasteiger partial charge in [-0.1, -0.05) is 0 Å². The van der Waals surface area contributed by atoms with E-state index in [1.807, 2.05) is 35.0 Å². The van der Waals surface area contributed by atoms with E-state index in [9.17, 15) is 4.79 Å². The molecular formula is C21H22N8O. The van der Waals surface area contributed by atoms with Crippen molar-refractivity contribution in [1.29, 1.82) is 0 Å². The van der Waals surface area contributed by atoms with Crippen LogP contribution in [0.25, 0.3) is 16.9 Å². The molecule has 1 fully saturated rings. The molecule has 5 heterocycles. The lowest BCUT2D eigenvalue weighted by atomic mass is 9.96. The van der Waals surface area contributed by atoms with Gasteiger partial charge >= 0.3 is 5.69 Å². The Balaban J connectivity index is 1.28. The topological polar surface area (TPSA) is 94.1 Å². The predicted octanol–water partition coefficient (Wildman–Crippen LogP) is 1.62. The minimum atomic E-state index is -0.196. The van der Waals surface area contributed by atoms with Gasteiger partial charge in [0, 0.05) is 49.4 Å². The Bertz CT molecular complexity index is 1190. The summed E-state index contributed by atoms with van der Waals surface area (Å²) in [6, 6.07) is 9.60. The van der Waals surface area contributed by atoms with Crippen molar-refractivity contribution in [3.05, 3.63) is 71.4 Å². The summed E-state index contributed by atoms with van der Waals surface area (Å²) in [7, 11) is 0. The van der Waals surface area contributed by atoms with Gasteiger partial charge in [0.05, 0.1) is 5.69 Å². The van der Waals surface area contributed by atoms with Gasteiger partial charge in [-0.15, -0.1) is 10.2 Å². The monoisotopic (exact) mass is 402 g/mol. The molecule has 0 aromatic carbocycles. The third-order valence-electron chi connectivity index (χ3n) is 5.64. The number of piperidine rings is 1. The summed E-state index contributed by atoms with van der Waals surface area (Å²) in [4.78, 5) is 22.1. The zero-order chi connectivity index (χ0) is 20.3. The molecule has 1 aliphatic heterocycles. The van der Waals surface area contributed by atoms with Gasteiger partial charge in [-0.25, -0.2) is 9.78 Å².